The first-order chi connectivity index (χ1) is 8.58. The first kappa shape index (κ1) is 13.8. The van der Waals surface area contributed by atoms with Crippen LogP contribution in [0.5, 0.6) is 11.5 Å². The van der Waals surface area contributed by atoms with Crippen LogP contribution in [0.3, 0.4) is 0 Å². The quantitative estimate of drug-likeness (QED) is 0.754. The minimum atomic E-state index is -0.503. The number of hydrogen-bond donors (Lipinski definition) is 2. The number of carbonyl (C=O) groups excluding carboxylic acids is 2. The molecule has 0 unspecified atom stereocenters. The number of rotatable bonds is 5. The van der Waals surface area contributed by atoms with E-state index in [0.717, 1.165) is 0 Å². The number of aromatic hydroxyl groups is 1. The Morgan fingerprint density at radius 1 is 1.39 bits per heavy atom. The molecule has 0 bridgehead atoms. The molecule has 0 atom stereocenters. The van der Waals surface area contributed by atoms with Gasteiger partial charge in [0.05, 0.1) is 13.7 Å². The minimum Gasteiger partial charge on any atom is -0.504 e. The van der Waals surface area contributed by atoms with Gasteiger partial charge >= 0.3 is 5.97 Å². The maximum Gasteiger partial charge on any atom is 0.325 e. The van der Waals surface area contributed by atoms with Gasteiger partial charge in [-0.3, -0.25) is 9.59 Å². The van der Waals surface area contributed by atoms with Gasteiger partial charge in [-0.1, -0.05) is 0 Å². The zero-order chi connectivity index (χ0) is 13.5. The van der Waals surface area contributed by atoms with Crippen LogP contribution < -0.4 is 10.1 Å². The number of amides is 1. The van der Waals surface area contributed by atoms with Crippen molar-refractivity contribution in [3.05, 3.63) is 23.8 Å². The summed E-state index contributed by atoms with van der Waals surface area (Å²) in [6.07, 6.45) is 0. The van der Waals surface area contributed by atoms with Gasteiger partial charge < -0.3 is 19.9 Å². The van der Waals surface area contributed by atoms with E-state index in [-0.39, 0.29) is 30.2 Å². The average Bonchev–Trinajstić information content (AvgIpc) is 2.37. The smallest absolute Gasteiger partial charge is 0.325 e. The van der Waals surface area contributed by atoms with Crippen molar-refractivity contribution < 1.29 is 24.2 Å². The highest BCUT2D eigenvalue weighted by Gasteiger charge is 2.11. The topological polar surface area (TPSA) is 84.9 Å². The molecule has 0 aliphatic rings. The van der Waals surface area contributed by atoms with Gasteiger partial charge in [-0.2, -0.15) is 0 Å². The summed E-state index contributed by atoms with van der Waals surface area (Å²) < 4.78 is 9.55. The van der Waals surface area contributed by atoms with Crippen LogP contribution in [0, 0.1) is 0 Å². The third kappa shape index (κ3) is 3.65. The second kappa shape index (κ2) is 6.48. The van der Waals surface area contributed by atoms with Crippen LogP contribution in [-0.2, 0) is 9.53 Å². The Balaban J connectivity index is 2.64. The van der Waals surface area contributed by atoms with E-state index < -0.39 is 11.9 Å². The molecule has 0 aromatic heterocycles. The van der Waals surface area contributed by atoms with Crippen molar-refractivity contribution >= 4 is 11.9 Å². The number of phenols is 1. The summed E-state index contributed by atoms with van der Waals surface area (Å²) in [5, 5.41) is 11.8. The third-order valence-electron chi connectivity index (χ3n) is 2.14. The van der Waals surface area contributed by atoms with Crippen LogP contribution in [-0.4, -0.2) is 37.2 Å². The zero-order valence-corrected chi connectivity index (χ0v) is 10.2. The fourth-order valence-electron chi connectivity index (χ4n) is 1.29. The van der Waals surface area contributed by atoms with Crippen LogP contribution in [0.2, 0.25) is 0 Å². The number of benzene rings is 1. The van der Waals surface area contributed by atoms with Gasteiger partial charge in [0, 0.05) is 5.56 Å². The van der Waals surface area contributed by atoms with Crippen molar-refractivity contribution in [1.29, 1.82) is 0 Å². The summed E-state index contributed by atoms with van der Waals surface area (Å²) in [5.41, 5.74) is 0.286. The predicted molar refractivity (Wildman–Crippen MR) is 63.6 cm³/mol. The fourth-order valence-corrected chi connectivity index (χ4v) is 1.29. The van der Waals surface area contributed by atoms with Crippen molar-refractivity contribution in [2.24, 2.45) is 0 Å². The summed E-state index contributed by atoms with van der Waals surface area (Å²) in [6, 6.07) is 4.16. The number of hydrogen-bond acceptors (Lipinski definition) is 5. The molecule has 0 aliphatic heterocycles. The van der Waals surface area contributed by atoms with E-state index in [9.17, 15) is 14.7 Å². The lowest BCUT2D eigenvalue weighted by molar-refractivity contribution is -0.141. The number of ether oxygens (including phenoxy) is 2. The molecule has 2 N–H and O–H groups in total. The molecule has 6 heteroatoms. The van der Waals surface area contributed by atoms with Gasteiger partial charge in [0.25, 0.3) is 5.91 Å². The molecule has 18 heavy (non-hydrogen) atoms. The Kier molecular flexibility index (Phi) is 4.98. The number of carbonyl (C=O) groups is 2. The molecule has 0 heterocycles. The normalized spacial score (nSPS) is 9.67. The molecule has 98 valence electrons. The third-order valence-corrected chi connectivity index (χ3v) is 2.14. The number of esters is 1. The molecule has 0 radical (unpaired) electrons. The summed E-state index contributed by atoms with van der Waals surface area (Å²) in [7, 11) is 1.38. The minimum absolute atomic E-state index is 0.0561. The molecule has 1 amide bonds. The molecule has 1 rings (SSSR count). The Hall–Kier alpha value is -2.24. The zero-order valence-electron chi connectivity index (χ0n) is 10.2. The van der Waals surface area contributed by atoms with Crippen molar-refractivity contribution in [3.63, 3.8) is 0 Å². The number of phenolic OH excluding ortho intramolecular Hbond substituents is 1. The van der Waals surface area contributed by atoms with E-state index in [1.165, 1.54) is 25.3 Å². The van der Waals surface area contributed by atoms with E-state index >= 15 is 0 Å². The maximum atomic E-state index is 11.7. The first-order valence-corrected chi connectivity index (χ1v) is 5.39. The van der Waals surface area contributed by atoms with Crippen LogP contribution in [0.4, 0.5) is 0 Å². The lowest BCUT2D eigenvalue weighted by Gasteiger charge is -2.07. The van der Waals surface area contributed by atoms with E-state index in [0.29, 0.717) is 0 Å². The monoisotopic (exact) mass is 253 g/mol. The molecule has 1 aromatic carbocycles. The second-order valence-electron chi connectivity index (χ2n) is 3.37. The van der Waals surface area contributed by atoms with Crippen molar-refractivity contribution in [3.8, 4) is 11.5 Å². The number of methoxy groups -OCH3 is 1. The highest BCUT2D eigenvalue weighted by molar-refractivity contribution is 5.96. The van der Waals surface area contributed by atoms with Gasteiger partial charge in [0.2, 0.25) is 0 Å². The fraction of sp³-hybridized carbons (Fsp3) is 0.333. The molecule has 0 saturated heterocycles. The highest BCUT2D eigenvalue weighted by atomic mass is 16.5. The first-order valence-electron chi connectivity index (χ1n) is 5.39. The second-order valence-corrected chi connectivity index (χ2v) is 3.37. The molecular formula is C12H15NO5. The van der Waals surface area contributed by atoms with Gasteiger partial charge in [-0.25, -0.2) is 0 Å². The number of nitrogens with one attached hydrogen (secondary N) is 1. The molecule has 1 aromatic rings. The predicted octanol–water partition coefficient (Wildman–Crippen LogP) is 0.694. The summed E-state index contributed by atoms with van der Waals surface area (Å²) in [6.45, 7) is 1.75. The van der Waals surface area contributed by atoms with E-state index in [4.69, 9.17) is 4.74 Å². The molecule has 6 nitrogen and oxygen atoms in total. The Labute approximate surface area is 105 Å². The van der Waals surface area contributed by atoms with E-state index in [1.54, 1.807) is 6.92 Å². The average molecular weight is 253 g/mol. The van der Waals surface area contributed by atoms with Crippen LogP contribution in [0.1, 0.15) is 17.3 Å². The SMILES string of the molecule is CCOC(=O)CNC(=O)c1ccc(O)c(OC)c1. The Bertz CT molecular complexity index is 444. The van der Waals surface area contributed by atoms with Gasteiger partial charge in [-0.15, -0.1) is 0 Å². The molecule has 0 spiro atoms. The maximum absolute atomic E-state index is 11.7. The van der Waals surface area contributed by atoms with Gasteiger partial charge in [0.1, 0.15) is 6.54 Å². The molecule has 0 fully saturated rings. The molecular weight excluding hydrogens is 238 g/mol. The highest BCUT2D eigenvalue weighted by Crippen LogP contribution is 2.26. The van der Waals surface area contributed by atoms with Crippen LogP contribution >= 0.6 is 0 Å². The largest absolute Gasteiger partial charge is 0.504 e. The Morgan fingerprint density at radius 3 is 2.72 bits per heavy atom. The van der Waals surface area contributed by atoms with Crippen molar-refractivity contribution in [2.45, 2.75) is 6.92 Å². The van der Waals surface area contributed by atoms with E-state index in [2.05, 4.69) is 10.1 Å². The standard InChI is InChI=1S/C12H15NO5/c1-3-18-11(15)7-13-12(16)8-4-5-9(14)10(6-8)17-2/h4-6,14H,3,7H2,1-2H3,(H,13,16). The lowest BCUT2D eigenvalue weighted by Crippen LogP contribution is -2.30. The molecule has 0 saturated carbocycles. The van der Waals surface area contributed by atoms with Gasteiger partial charge in [0.15, 0.2) is 11.5 Å². The van der Waals surface area contributed by atoms with Crippen molar-refractivity contribution in [1.82, 2.24) is 5.32 Å². The van der Waals surface area contributed by atoms with Crippen LogP contribution in [0.25, 0.3) is 0 Å². The summed E-state index contributed by atoms with van der Waals surface area (Å²) >= 11 is 0. The lowest BCUT2D eigenvalue weighted by atomic mass is 10.2. The van der Waals surface area contributed by atoms with Gasteiger partial charge in [-0.05, 0) is 25.1 Å². The van der Waals surface area contributed by atoms with E-state index in [1.807, 2.05) is 0 Å². The van der Waals surface area contributed by atoms with Crippen molar-refractivity contribution in [2.75, 3.05) is 20.3 Å². The summed E-state index contributed by atoms with van der Waals surface area (Å²) in [5.74, 6) is -0.809. The van der Waals surface area contributed by atoms with Crippen LogP contribution in [0.15, 0.2) is 18.2 Å². The summed E-state index contributed by atoms with van der Waals surface area (Å²) in [4.78, 5) is 22.7. The Morgan fingerprint density at radius 2 is 2.11 bits per heavy atom. The molecule has 0 aliphatic carbocycles.